The third kappa shape index (κ3) is 5.97. The molecule has 3 aromatic heterocycles. The van der Waals surface area contributed by atoms with Gasteiger partial charge in [-0.1, -0.05) is 176 Å². The van der Waals surface area contributed by atoms with E-state index in [2.05, 4.69) is 168 Å². The molecule has 0 unspecified atom stereocenters. The summed E-state index contributed by atoms with van der Waals surface area (Å²) in [5.41, 5.74) is 13.4. The van der Waals surface area contributed by atoms with E-state index in [0.717, 1.165) is 101 Å². The van der Waals surface area contributed by atoms with E-state index in [-0.39, 0.29) is 0 Å². The highest BCUT2D eigenvalue weighted by molar-refractivity contribution is 6.19. The Morgan fingerprint density at radius 2 is 0.968 bits per heavy atom. The van der Waals surface area contributed by atoms with E-state index in [1.165, 1.54) is 10.6 Å². The number of hydrogen-bond donors (Lipinski definition) is 0. The molecule has 1 aliphatic carbocycles. The van der Waals surface area contributed by atoms with Gasteiger partial charge in [0.2, 0.25) is 0 Å². The minimum atomic E-state index is 0.596. The topological polar surface area (TPSA) is 56.7 Å². The van der Waals surface area contributed by atoms with Gasteiger partial charge < -0.3 is 8.98 Å². The average molecular weight is 795 g/mol. The van der Waals surface area contributed by atoms with E-state index in [1.54, 1.807) is 0 Å². The Hall–Kier alpha value is -8.15. The second-order valence-corrected chi connectivity index (χ2v) is 15.8. The molecule has 1 aliphatic rings. The number of rotatable bonds is 7. The lowest BCUT2D eigenvalue weighted by atomic mass is 9.87. The number of nitrogens with zero attached hydrogens (tertiary/aromatic N) is 4. The van der Waals surface area contributed by atoms with Gasteiger partial charge in [0, 0.05) is 43.4 Å². The number of hydrogen-bond acceptors (Lipinski definition) is 4. The smallest absolute Gasteiger partial charge is 0.166 e. The zero-order valence-electron chi connectivity index (χ0n) is 33.7. The Labute approximate surface area is 358 Å². The molecule has 0 N–H and O–H groups in total. The van der Waals surface area contributed by atoms with Gasteiger partial charge in [-0.25, -0.2) is 15.0 Å². The molecule has 292 valence electrons. The van der Waals surface area contributed by atoms with Crippen LogP contribution in [-0.4, -0.2) is 19.5 Å². The first-order valence-electron chi connectivity index (χ1n) is 21.2. The van der Waals surface area contributed by atoms with E-state index in [9.17, 15) is 0 Å². The first-order chi connectivity index (χ1) is 30.8. The number of furan rings is 1. The third-order valence-corrected chi connectivity index (χ3v) is 12.1. The first kappa shape index (κ1) is 35.8. The van der Waals surface area contributed by atoms with Crippen LogP contribution in [0.3, 0.4) is 0 Å². The molecule has 0 aliphatic heterocycles. The lowest BCUT2D eigenvalue weighted by molar-refractivity contribution is 0.669. The fraction of sp³-hybridized carbons (Fsp3) is 0.0351. The largest absolute Gasteiger partial charge is 0.456 e. The Balaban J connectivity index is 1.21. The zero-order valence-corrected chi connectivity index (χ0v) is 33.7. The number of para-hydroxylation sites is 1. The van der Waals surface area contributed by atoms with Crippen LogP contribution in [0.15, 0.2) is 199 Å². The standard InChI is InChI=1S/C57H38N4O/c1-5-18-37(19-6-1)42-28-17-29-43(38-20-7-2-8-21-38)52(42)41-32-33-48(46(36-41)57-59-55(39-22-9-3-10-23-39)58-56(60-57)40-24-11-4-12-25-40)61-47-30-15-13-26-44(47)53-49(61)34-35-51-54(53)45-27-14-16-31-50(45)62-51/h1-12,14,16-36H,13,15H2. The maximum absolute atomic E-state index is 6.47. The van der Waals surface area contributed by atoms with E-state index >= 15 is 0 Å². The van der Waals surface area contributed by atoms with Crippen LogP contribution < -0.4 is 10.6 Å². The minimum Gasteiger partial charge on any atom is -0.456 e. The summed E-state index contributed by atoms with van der Waals surface area (Å²) in [4.78, 5) is 15.9. The van der Waals surface area contributed by atoms with Crippen molar-refractivity contribution in [3.63, 3.8) is 0 Å². The molecule has 0 fully saturated rings. The fourth-order valence-corrected chi connectivity index (χ4v) is 9.33. The molecule has 5 heteroatoms. The second kappa shape index (κ2) is 14.8. The van der Waals surface area contributed by atoms with Crippen LogP contribution in [0.4, 0.5) is 0 Å². The van der Waals surface area contributed by atoms with Gasteiger partial charge in [0.05, 0.1) is 11.2 Å². The lowest BCUT2D eigenvalue weighted by Gasteiger charge is -2.19. The van der Waals surface area contributed by atoms with Gasteiger partial charge in [-0.05, 0) is 76.6 Å². The normalized spacial score (nSPS) is 12.3. The van der Waals surface area contributed by atoms with Gasteiger partial charge in [0.15, 0.2) is 17.5 Å². The van der Waals surface area contributed by atoms with Crippen molar-refractivity contribution in [3.8, 4) is 73.2 Å². The van der Waals surface area contributed by atoms with E-state index in [0.29, 0.717) is 17.5 Å². The molecule has 5 nitrogen and oxygen atoms in total. The van der Waals surface area contributed by atoms with E-state index < -0.39 is 0 Å². The summed E-state index contributed by atoms with van der Waals surface area (Å²) in [7, 11) is 0. The molecular formula is C57H38N4O. The van der Waals surface area contributed by atoms with Gasteiger partial charge in [-0.15, -0.1) is 0 Å². The Morgan fingerprint density at radius 3 is 1.61 bits per heavy atom. The van der Waals surface area contributed by atoms with Crippen LogP contribution in [0.5, 0.6) is 0 Å². The van der Waals surface area contributed by atoms with Crippen molar-refractivity contribution in [2.45, 2.75) is 12.8 Å². The monoisotopic (exact) mass is 794 g/mol. The molecule has 0 saturated carbocycles. The van der Waals surface area contributed by atoms with Gasteiger partial charge >= 0.3 is 0 Å². The maximum atomic E-state index is 6.47. The van der Waals surface area contributed by atoms with Crippen LogP contribution in [0.2, 0.25) is 0 Å². The van der Waals surface area contributed by atoms with Crippen LogP contribution in [0.1, 0.15) is 12.8 Å². The maximum Gasteiger partial charge on any atom is 0.166 e. The molecule has 0 radical (unpaired) electrons. The number of fused-ring (bicyclic) bond motifs is 7. The Kier molecular flexibility index (Phi) is 8.56. The van der Waals surface area contributed by atoms with Crippen molar-refractivity contribution >= 4 is 45.0 Å². The van der Waals surface area contributed by atoms with Crippen LogP contribution in [0, 0.1) is 0 Å². The molecule has 8 aromatic carbocycles. The highest BCUT2D eigenvalue weighted by Gasteiger charge is 2.24. The van der Waals surface area contributed by atoms with Crippen molar-refractivity contribution in [2.75, 3.05) is 0 Å². The van der Waals surface area contributed by atoms with Gasteiger partial charge in [-0.3, -0.25) is 0 Å². The van der Waals surface area contributed by atoms with Crippen molar-refractivity contribution in [1.29, 1.82) is 0 Å². The van der Waals surface area contributed by atoms with Crippen molar-refractivity contribution in [1.82, 2.24) is 19.5 Å². The van der Waals surface area contributed by atoms with Crippen molar-refractivity contribution in [2.24, 2.45) is 0 Å². The molecule has 62 heavy (non-hydrogen) atoms. The van der Waals surface area contributed by atoms with Crippen LogP contribution in [-0.2, 0) is 0 Å². The predicted octanol–water partition coefficient (Wildman–Crippen LogP) is 13.1. The van der Waals surface area contributed by atoms with E-state index in [1.807, 2.05) is 42.5 Å². The summed E-state index contributed by atoms with van der Waals surface area (Å²) in [5.74, 6) is 1.83. The third-order valence-electron chi connectivity index (χ3n) is 12.1. The summed E-state index contributed by atoms with van der Waals surface area (Å²) >= 11 is 0. The summed E-state index contributed by atoms with van der Waals surface area (Å²) in [6.07, 6.45) is 6.70. The molecule has 12 rings (SSSR count). The Morgan fingerprint density at radius 1 is 0.403 bits per heavy atom. The number of aromatic nitrogens is 4. The second-order valence-electron chi connectivity index (χ2n) is 15.8. The van der Waals surface area contributed by atoms with Gasteiger partial charge in [0.1, 0.15) is 11.2 Å². The summed E-state index contributed by atoms with van der Waals surface area (Å²) in [6.45, 7) is 0. The summed E-state index contributed by atoms with van der Waals surface area (Å²) in [5, 5.41) is 5.84. The molecule has 0 amide bonds. The van der Waals surface area contributed by atoms with Gasteiger partial charge in [0.25, 0.3) is 0 Å². The summed E-state index contributed by atoms with van der Waals surface area (Å²) in [6, 6.07) is 68.0. The zero-order chi connectivity index (χ0) is 41.0. The van der Waals surface area contributed by atoms with E-state index in [4.69, 9.17) is 19.4 Å². The predicted molar refractivity (Wildman–Crippen MR) is 254 cm³/mol. The average Bonchev–Trinajstić information content (AvgIpc) is 3.90. The van der Waals surface area contributed by atoms with Crippen LogP contribution >= 0.6 is 0 Å². The SMILES string of the molecule is C1=c2c(n(-c3ccc(-c4c(-c5ccccc5)cccc4-c4ccccc4)cc3-c3nc(-c4ccccc4)nc(-c4ccccc4)n3)c3ccc4oc5ccccc5c4c23)=CCC1. The summed E-state index contributed by atoms with van der Waals surface area (Å²) < 4.78 is 8.90. The quantitative estimate of drug-likeness (QED) is 0.161. The first-order valence-corrected chi connectivity index (χ1v) is 21.2. The highest BCUT2D eigenvalue weighted by Crippen LogP contribution is 2.43. The van der Waals surface area contributed by atoms with Gasteiger partial charge in [-0.2, -0.15) is 0 Å². The highest BCUT2D eigenvalue weighted by atomic mass is 16.3. The molecule has 0 bridgehead atoms. The molecule has 3 heterocycles. The van der Waals surface area contributed by atoms with Crippen LogP contribution in [0.25, 0.3) is 118 Å². The molecular weight excluding hydrogens is 757 g/mol. The Bertz CT molecular complexity index is 3500. The molecule has 0 saturated heterocycles. The minimum absolute atomic E-state index is 0.596. The molecule has 11 aromatic rings. The lowest BCUT2D eigenvalue weighted by Crippen LogP contribution is -2.30. The molecule has 0 spiro atoms. The molecule has 0 atom stereocenters. The van der Waals surface area contributed by atoms with Crippen molar-refractivity contribution in [3.05, 3.63) is 205 Å². The number of benzene rings is 8. The van der Waals surface area contributed by atoms with Crippen molar-refractivity contribution < 1.29 is 4.42 Å². The fourth-order valence-electron chi connectivity index (χ4n) is 9.33.